The Bertz CT molecular complexity index is 147. The van der Waals surface area contributed by atoms with Gasteiger partial charge in [-0.25, -0.2) is 0 Å². The maximum atomic E-state index is 10.5. The van der Waals surface area contributed by atoms with Crippen molar-refractivity contribution in [3.63, 3.8) is 0 Å². The Kier molecular flexibility index (Phi) is 1.27. The van der Waals surface area contributed by atoms with Crippen molar-refractivity contribution < 1.29 is 4.79 Å². The summed E-state index contributed by atoms with van der Waals surface area (Å²) in [5.74, 6) is -0.359. The summed E-state index contributed by atoms with van der Waals surface area (Å²) in [6.45, 7) is 0.910. The second kappa shape index (κ2) is 1.93. The molecule has 1 aliphatic heterocycles. The molecule has 1 fully saturated rings. The number of hydrogen-bond acceptors (Lipinski definition) is 3. The van der Waals surface area contributed by atoms with E-state index < -0.39 is 0 Å². The van der Waals surface area contributed by atoms with E-state index in [1.807, 2.05) is 6.07 Å². The Labute approximate surface area is 47.3 Å². The predicted octanol–water partition coefficient (Wildman–Crippen LogP) is -0.702. The van der Waals surface area contributed by atoms with Gasteiger partial charge in [0.2, 0.25) is 0 Å². The molecule has 3 nitrogen and oxygen atoms in total. The highest BCUT2D eigenvalue weighted by molar-refractivity contribution is 5.87. The number of hydrogen-bond donors (Lipinski definition) is 1. The van der Waals surface area contributed by atoms with Crippen LogP contribution in [0.15, 0.2) is 0 Å². The number of nitrogens with one attached hydrogen (secondary N) is 1. The van der Waals surface area contributed by atoms with Crippen LogP contribution in [0.5, 0.6) is 0 Å². The molecule has 0 radical (unpaired) electrons. The number of Topliss-reactive ketones (excluding diaryl/α,β-unsaturated/α-hetero) is 1. The quantitative estimate of drug-likeness (QED) is 0.448. The minimum Gasteiger partial charge on any atom is -0.308 e. The van der Waals surface area contributed by atoms with Gasteiger partial charge in [0.1, 0.15) is 5.92 Å². The third-order valence-corrected chi connectivity index (χ3v) is 1.19. The number of carbonyl (C=O) groups excluding carboxylic acids is 1. The molecule has 0 amide bonds. The van der Waals surface area contributed by atoms with Gasteiger partial charge >= 0.3 is 0 Å². The molecule has 0 bridgehead atoms. The summed E-state index contributed by atoms with van der Waals surface area (Å²) in [4.78, 5) is 10.5. The minimum atomic E-state index is -0.380. The van der Waals surface area contributed by atoms with E-state index in [0.717, 1.165) is 0 Å². The summed E-state index contributed by atoms with van der Waals surface area (Å²) in [7, 11) is 0. The normalized spacial score (nSPS) is 27.9. The number of nitrogens with zero attached hydrogens (tertiary/aromatic N) is 1. The first-order valence-corrected chi connectivity index (χ1v) is 2.47. The molecule has 1 atom stereocenters. The first kappa shape index (κ1) is 5.26. The largest absolute Gasteiger partial charge is 0.308 e. The van der Waals surface area contributed by atoms with E-state index >= 15 is 0 Å². The van der Waals surface area contributed by atoms with Gasteiger partial charge < -0.3 is 5.32 Å². The molecular weight excluding hydrogens is 104 g/mol. The van der Waals surface area contributed by atoms with E-state index in [1.165, 1.54) is 0 Å². The van der Waals surface area contributed by atoms with E-state index in [9.17, 15) is 4.79 Å². The lowest BCUT2D eigenvalue weighted by atomic mass is 10.1. The third kappa shape index (κ3) is 0.703. The van der Waals surface area contributed by atoms with Crippen molar-refractivity contribution in [2.75, 3.05) is 13.1 Å². The minimum absolute atomic E-state index is 0.0208. The van der Waals surface area contributed by atoms with Gasteiger partial charge in [-0.1, -0.05) is 0 Å². The zero-order valence-electron chi connectivity index (χ0n) is 4.35. The third-order valence-electron chi connectivity index (χ3n) is 1.19. The molecule has 0 spiro atoms. The first-order valence-electron chi connectivity index (χ1n) is 2.47. The molecule has 1 saturated heterocycles. The lowest BCUT2D eigenvalue weighted by molar-refractivity contribution is -0.118. The second-order valence-corrected chi connectivity index (χ2v) is 1.78. The summed E-state index contributed by atoms with van der Waals surface area (Å²) in [5, 5.41) is 11.0. The van der Waals surface area contributed by atoms with Gasteiger partial charge in [-0.3, -0.25) is 4.79 Å². The lowest BCUT2D eigenvalue weighted by Gasteiger charge is -1.86. The molecule has 1 heterocycles. The molecule has 1 aliphatic rings. The fourth-order valence-corrected chi connectivity index (χ4v) is 0.694. The van der Waals surface area contributed by atoms with Crippen LogP contribution in [0.25, 0.3) is 0 Å². The zero-order chi connectivity index (χ0) is 5.98. The topological polar surface area (TPSA) is 52.9 Å². The van der Waals surface area contributed by atoms with Crippen LogP contribution < -0.4 is 5.32 Å². The predicted molar refractivity (Wildman–Crippen MR) is 27.0 cm³/mol. The van der Waals surface area contributed by atoms with Crippen LogP contribution in [0.1, 0.15) is 0 Å². The first-order chi connectivity index (χ1) is 3.84. The van der Waals surface area contributed by atoms with Crippen molar-refractivity contribution in [2.24, 2.45) is 5.92 Å². The van der Waals surface area contributed by atoms with Crippen molar-refractivity contribution in [3.8, 4) is 6.07 Å². The van der Waals surface area contributed by atoms with Crippen LogP contribution >= 0.6 is 0 Å². The number of rotatable bonds is 0. The number of ketones is 1. The Morgan fingerprint density at radius 2 is 2.62 bits per heavy atom. The van der Waals surface area contributed by atoms with Gasteiger partial charge in [-0.2, -0.15) is 5.26 Å². The van der Waals surface area contributed by atoms with Crippen LogP contribution in [-0.2, 0) is 4.79 Å². The Morgan fingerprint density at radius 3 is 2.88 bits per heavy atom. The highest BCUT2D eigenvalue weighted by Gasteiger charge is 2.22. The summed E-state index contributed by atoms with van der Waals surface area (Å²) >= 11 is 0. The van der Waals surface area contributed by atoms with Crippen molar-refractivity contribution in [2.45, 2.75) is 0 Å². The molecule has 0 aromatic carbocycles. The van der Waals surface area contributed by atoms with E-state index in [4.69, 9.17) is 5.26 Å². The maximum absolute atomic E-state index is 10.5. The van der Waals surface area contributed by atoms with Crippen LogP contribution in [-0.4, -0.2) is 18.9 Å². The summed E-state index contributed by atoms with van der Waals surface area (Å²) in [6, 6.07) is 1.90. The Hall–Kier alpha value is -0.880. The van der Waals surface area contributed by atoms with E-state index in [-0.39, 0.29) is 11.7 Å². The molecule has 1 rings (SSSR count). The monoisotopic (exact) mass is 110 g/mol. The van der Waals surface area contributed by atoms with Gasteiger partial charge in [-0.15, -0.1) is 0 Å². The van der Waals surface area contributed by atoms with Crippen molar-refractivity contribution in [1.82, 2.24) is 5.32 Å². The SMILES string of the molecule is N#C[C@@H]1CNCC1=O. The molecule has 0 aromatic rings. The molecule has 0 aliphatic carbocycles. The van der Waals surface area contributed by atoms with Gasteiger partial charge in [0.25, 0.3) is 0 Å². The number of carbonyl (C=O) groups is 1. The standard InChI is InChI=1S/C5H6N2O/c6-1-4-2-7-3-5(4)8/h4,7H,2-3H2/t4-/m1/s1. The van der Waals surface area contributed by atoms with Crippen molar-refractivity contribution in [3.05, 3.63) is 0 Å². The average molecular weight is 110 g/mol. The van der Waals surface area contributed by atoms with Crippen LogP contribution in [0.2, 0.25) is 0 Å². The fraction of sp³-hybridized carbons (Fsp3) is 0.600. The molecule has 1 N–H and O–H groups in total. The number of nitriles is 1. The lowest BCUT2D eigenvalue weighted by Crippen LogP contribution is -2.07. The van der Waals surface area contributed by atoms with E-state index in [1.54, 1.807) is 0 Å². The Balaban J connectivity index is 2.58. The average Bonchev–Trinajstić information content (AvgIpc) is 2.14. The van der Waals surface area contributed by atoms with Crippen LogP contribution in [0.3, 0.4) is 0 Å². The summed E-state index contributed by atoms with van der Waals surface area (Å²) in [5.41, 5.74) is 0. The zero-order valence-corrected chi connectivity index (χ0v) is 4.35. The van der Waals surface area contributed by atoms with Crippen molar-refractivity contribution >= 4 is 5.78 Å². The molecule has 42 valence electrons. The fourth-order valence-electron chi connectivity index (χ4n) is 0.694. The molecule has 0 unspecified atom stereocenters. The highest BCUT2D eigenvalue weighted by Crippen LogP contribution is 1.99. The van der Waals surface area contributed by atoms with Crippen LogP contribution in [0, 0.1) is 17.2 Å². The van der Waals surface area contributed by atoms with E-state index in [0.29, 0.717) is 13.1 Å². The summed E-state index contributed by atoms with van der Waals surface area (Å²) in [6.07, 6.45) is 0. The maximum Gasteiger partial charge on any atom is 0.164 e. The molecule has 3 heteroatoms. The molecular formula is C5H6N2O. The van der Waals surface area contributed by atoms with Crippen LogP contribution in [0.4, 0.5) is 0 Å². The smallest absolute Gasteiger partial charge is 0.164 e. The van der Waals surface area contributed by atoms with Gasteiger partial charge in [0.15, 0.2) is 5.78 Å². The van der Waals surface area contributed by atoms with Gasteiger partial charge in [-0.05, 0) is 0 Å². The molecule has 0 aromatic heterocycles. The van der Waals surface area contributed by atoms with Gasteiger partial charge in [0.05, 0.1) is 12.6 Å². The van der Waals surface area contributed by atoms with Gasteiger partial charge in [0, 0.05) is 6.54 Å². The molecule has 0 saturated carbocycles. The van der Waals surface area contributed by atoms with E-state index in [2.05, 4.69) is 5.32 Å². The highest BCUT2D eigenvalue weighted by atomic mass is 16.1. The second-order valence-electron chi connectivity index (χ2n) is 1.78. The van der Waals surface area contributed by atoms with Crippen molar-refractivity contribution in [1.29, 1.82) is 5.26 Å². The Morgan fingerprint density at radius 1 is 1.88 bits per heavy atom. The molecule has 8 heavy (non-hydrogen) atoms. The summed E-state index contributed by atoms with van der Waals surface area (Å²) < 4.78 is 0.